The summed E-state index contributed by atoms with van der Waals surface area (Å²) in [5.41, 5.74) is 0. The van der Waals surface area contributed by atoms with Crippen molar-refractivity contribution in [2.45, 2.75) is 30.1 Å². The van der Waals surface area contributed by atoms with Crippen LogP contribution in [-0.2, 0) is 4.79 Å². The first kappa shape index (κ1) is 13.5. The number of nitrogens with one attached hydrogen (secondary N) is 1. The van der Waals surface area contributed by atoms with Gasteiger partial charge in [0, 0.05) is 6.54 Å². The van der Waals surface area contributed by atoms with E-state index in [2.05, 4.69) is 5.32 Å². The molecular weight excluding hydrogens is 242 g/mol. The molecule has 0 radical (unpaired) electrons. The van der Waals surface area contributed by atoms with E-state index in [1.807, 2.05) is 17.5 Å². The molecule has 1 amide bonds. The third-order valence-corrected chi connectivity index (χ3v) is 4.09. The topological polar surface area (TPSA) is 49.3 Å². The van der Waals surface area contributed by atoms with Crippen LogP contribution in [0.15, 0.2) is 21.7 Å². The van der Waals surface area contributed by atoms with Crippen molar-refractivity contribution in [3.8, 4) is 0 Å². The maximum atomic E-state index is 11.4. The Bertz CT molecular complexity index is 299. The molecule has 0 spiro atoms. The molecule has 2 N–H and O–H groups in total. The highest BCUT2D eigenvalue weighted by Crippen LogP contribution is 2.22. The number of carbonyl (C=O) groups is 1. The number of hydrogen-bond donors (Lipinski definition) is 2. The highest BCUT2D eigenvalue weighted by Gasteiger charge is 2.03. The average molecular weight is 259 g/mol. The summed E-state index contributed by atoms with van der Waals surface area (Å²) in [6.45, 7) is 2.41. The van der Waals surface area contributed by atoms with E-state index in [1.165, 1.54) is 4.21 Å². The third kappa shape index (κ3) is 6.15. The van der Waals surface area contributed by atoms with Gasteiger partial charge in [-0.1, -0.05) is 6.07 Å². The minimum atomic E-state index is -0.280. The average Bonchev–Trinajstić information content (AvgIpc) is 2.74. The van der Waals surface area contributed by atoms with Crippen LogP contribution in [0.3, 0.4) is 0 Å². The SMILES string of the molecule is CC(O)CCCNC(=O)CSc1cccs1. The Kier molecular flexibility index (Phi) is 6.52. The molecule has 1 rings (SSSR count). The van der Waals surface area contributed by atoms with Crippen LogP contribution < -0.4 is 5.32 Å². The van der Waals surface area contributed by atoms with Crippen LogP contribution in [0.5, 0.6) is 0 Å². The Morgan fingerprint density at radius 1 is 1.69 bits per heavy atom. The summed E-state index contributed by atoms with van der Waals surface area (Å²) in [7, 11) is 0. The summed E-state index contributed by atoms with van der Waals surface area (Å²) >= 11 is 3.20. The van der Waals surface area contributed by atoms with Crippen LogP contribution in [0.4, 0.5) is 0 Å². The first-order chi connectivity index (χ1) is 7.68. The van der Waals surface area contributed by atoms with Gasteiger partial charge in [0.25, 0.3) is 0 Å². The van der Waals surface area contributed by atoms with Crippen LogP contribution in [0, 0.1) is 0 Å². The van der Waals surface area contributed by atoms with E-state index >= 15 is 0 Å². The minimum Gasteiger partial charge on any atom is -0.393 e. The van der Waals surface area contributed by atoms with Gasteiger partial charge < -0.3 is 10.4 Å². The highest BCUT2D eigenvalue weighted by molar-refractivity contribution is 8.01. The summed E-state index contributed by atoms with van der Waals surface area (Å²) < 4.78 is 1.17. The van der Waals surface area contributed by atoms with Crippen molar-refractivity contribution in [1.29, 1.82) is 0 Å². The van der Waals surface area contributed by atoms with Gasteiger partial charge in [-0.2, -0.15) is 0 Å². The normalized spacial score (nSPS) is 12.4. The van der Waals surface area contributed by atoms with Gasteiger partial charge in [0.2, 0.25) is 5.91 Å². The van der Waals surface area contributed by atoms with Gasteiger partial charge in [-0.3, -0.25) is 4.79 Å². The smallest absolute Gasteiger partial charge is 0.230 e. The van der Waals surface area contributed by atoms with Crippen LogP contribution in [0.2, 0.25) is 0 Å². The molecule has 1 aromatic rings. The maximum absolute atomic E-state index is 11.4. The number of aliphatic hydroxyl groups excluding tert-OH is 1. The van der Waals surface area contributed by atoms with Crippen molar-refractivity contribution >= 4 is 29.0 Å². The zero-order valence-electron chi connectivity index (χ0n) is 9.31. The second-order valence-corrected chi connectivity index (χ2v) is 5.79. The van der Waals surface area contributed by atoms with Crippen LogP contribution >= 0.6 is 23.1 Å². The van der Waals surface area contributed by atoms with Crippen molar-refractivity contribution < 1.29 is 9.90 Å². The molecule has 0 aliphatic heterocycles. The molecule has 1 unspecified atom stereocenters. The maximum Gasteiger partial charge on any atom is 0.230 e. The number of thioether (sulfide) groups is 1. The standard InChI is InChI=1S/C11H17NO2S2/c1-9(13)4-2-6-12-10(14)8-16-11-5-3-7-15-11/h3,5,7,9,13H,2,4,6,8H2,1H3,(H,12,14). The molecular formula is C11H17NO2S2. The summed E-state index contributed by atoms with van der Waals surface area (Å²) in [4.78, 5) is 11.4. The molecule has 0 aliphatic rings. The Morgan fingerprint density at radius 2 is 2.50 bits per heavy atom. The second-order valence-electron chi connectivity index (χ2n) is 3.56. The molecule has 1 aromatic heterocycles. The van der Waals surface area contributed by atoms with Crippen LogP contribution in [0.1, 0.15) is 19.8 Å². The van der Waals surface area contributed by atoms with Crippen molar-refractivity contribution in [2.24, 2.45) is 0 Å². The minimum absolute atomic E-state index is 0.0593. The molecule has 0 saturated carbocycles. The zero-order valence-corrected chi connectivity index (χ0v) is 10.9. The molecule has 0 fully saturated rings. The van der Waals surface area contributed by atoms with E-state index in [0.717, 1.165) is 12.8 Å². The van der Waals surface area contributed by atoms with E-state index in [0.29, 0.717) is 12.3 Å². The number of thiophene rings is 1. The van der Waals surface area contributed by atoms with Crippen molar-refractivity contribution in [3.05, 3.63) is 17.5 Å². The van der Waals surface area contributed by atoms with Gasteiger partial charge in [-0.25, -0.2) is 0 Å². The first-order valence-electron chi connectivity index (χ1n) is 5.29. The molecule has 0 aliphatic carbocycles. The fourth-order valence-corrected chi connectivity index (χ4v) is 2.77. The van der Waals surface area contributed by atoms with E-state index in [4.69, 9.17) is 5.11 Å². The molecule has 1 atom stereocenters. The second kappa shape index (κ2) is 7.70. The summed E-state index contributed by atoms with van der Waals surface area (Å²) in [6, 6.07) is 3.99. The quantitative estimate of drug-likeness (QED) is 0.582. The molecule has 0 aromatic carbocycles. The van der Waals surface area contributed by atoms with E-state index in [9.17, 15) is 4.79 Å². The number of hydrogen-bond acceptors (Lipinski definition) is 4. The van der Waals surface area contributed by atoms with Crippen LogP contribution in [-0.4, -0.2) is 29.4 Å². The van der Waals surface area contributed by atoms with Crippen molar-refractivity contribution in [3.63, 3.8) is 0 Å². The molecule has 0 saturated heterocycles. The number of aliphatic hydroxyl groups is 1. The fraction of sp³-hybridized carbons (Fsp3) is 0.545. The zero-order chi connectivity index (χ0) is 11.8. The largest absolute Gasteiger partial charge is 0.393 e. The van der Waals surface area contributed by atoms with Gasteiger partial charge in [-0.15, -0.1) is 23.1 Å². The molecule has 0 bridgehead atoms. The summed E-state index contributed by atoms with van der Waals surface area (Å²) in [6.07, 6.45) is 1.28. The van der Waals surface area contributed by atoms with Gasteiger partial charge in [0.15, 0.2) is 0 Å². The Labute approximate surface area is 104 Å². The third-order valence-electron chi connectivity index (χ3n) is 1.96. The molecule has 5 heteroatoms. The highest BCUT2D eigenvalue weighted by atomic mass is 32.2. The van der Waals surface area contributed by atoms with Gasteiger partial charge in [0.1, 0.15) is 0 Å². The number of rotatable bonds is 7. The predicted molar refractivity (Wildman–Crippen MR) is 69.0 cm³/mol. The van der Waals surface area contributed by atoms with E-state index in [-0.39, 0.29) is 12.0 Å². The number of carbonyl (C=O) groups excluding carboxylic acids is 1. The summed E-state index contributed by atoms with van der Waals surface area (Å²) in [5.74, 6) is 0.527. The van der Waals surface area contributed by atoms with Gasteiger partial charge >= 0.3 is 0 Å². The summed E-state index contributed by atoms with van der Waals surface area (Å²) in [5, 5.41) is 13.9. The van der Waals surface area contributed by atoms with Gasteiger partial charge in [-0.05, 0) is 31.2 Å². The van der Waals surface area contributed by atoms with E-state index < -0.39 is 0 Å². The van der Waals surface area contributed by atoms with E-state index in [1.54, 1.807) is 30.0 Å². The molecule has 16 heavy (non-hydrogen) atoms. The fourth-order valence-electron chi connectivity index (χ4n) is 1.16. The van der Waals surface area contributed by atoms with Gasteiger partial charge in [0.05, 0.1) is 16.1 Å². The molecule has 1 heterocycles. The lowest BCUT2D eigenvalue weighted by molar-refractivity contribution is -0.118. The Morgan fingerprint density at radius 3 is 3.12 bits per heavy atom. The van der Waals surface area contributed by atoms with Crippen molar-refractivity contribution in [2.75, 3.05) is 12.3 Å². The lowest BCUT2D eigenvalue weighted by atomic mass is 10.2. The lowest BCUT2D eigenvalue weighted by Gasteiger charge is -2.05. The lowest BCUT2D eigenvalue weighted by Crippen LogP contribution is -2.26. The van der Waals surface area contributed by atoms with Crippen molar-refractivity contribution in [1.82, 2.24) is 5.32 Å². The predicted octanol–water partition coefficient (Wildman–Crippen LogP) is 2.12. The first-order valence-corrected chi connectivity index (χ1v) is 7.16. The Balaban J connectivity index is 2.03. The number of amides is 1. The molecule has 3 nitrogen and oxygen atoms in total. The van der Waals surface area contributed by atoms with Crippen LogP contribution in [0.25, 0.3) is 0 Å². The Hall–Kier alpha value is -0.520. The monoisotopic (exact) mass is 259 g/mol. The molecule has 90 valence electrons.